The van der Waals surface area contributed by atoms with Crippen LogP contribution in [-0.2, 0) is 20.8 Å². The Morgan fingerprint density at radius 3 is 2.29 bits per heavy atom. The third-order valence-electron chi connectivity index (χ3n) is 11.2. The average Bonchev–Trinajstić information content (AvgIpc) is 3.10. The van der Waals surface area contributed by atoms with E-state index in [-0.39, 0.29) is 24.7 Å². The van der Waals surface area contributed by atoms with Gasteiger partial charge in [-0.2, -0.15) is 0 Å². The van der Waals surface area contributed by atoms with E-state index >= 15 is 0 Å². The zero-order valence-electron chi connectivity index (χ0n) is 30.2. The van der Waals surface area contributed by atoms with E-state index in [1.807, 2.05) is 51.2 Å². The summed E-state index contributed by atoms with van der Waals surface area (Å²) < 4.78 is 0. The Kier molecular flexibility index (Phi) is 15.4. The maximum absolute atomic E-state index is 13.9. The van der Waals surface area contributed by atoms with Crippen molar-refractivity contribution in [3.63, 3.8) is 0 Å². The molecule has 2 saturated heterocycles. The predicted octanol–water partition coefficient (Wildman–Crippen LogP) is 4.30. The van der Waals surface area contributed by atoms with E-state index in [4.69, 9.17) is 6.42 Å². The van der Waals surface area contributed by atoms with Gasteiger partial charge in [0.05, 0.1) is 18.1 Å². The van der Waals surface area contributed by atoms with Crippen LogP contribution in [0.2, 0.25) is 0 Å². The molecule has 2 heterocycles. The van der Waals surface area contributed by atoms with Crippen molar-refractivity contribution in [2.24, 2.45) is 23.7 Å². The van der Waals surface area contributed by atoms with Gasteiger partial charge in [-0.15, -0.1) is 12.3 Å². The number of amides is 3. The highest BCUT2D eigenvalue weighted by atomic mass is 16.3. The summed E-state index contributed by atoms with van der Waals surface area (Å²) in [5.74, 6) is 2.11. The molecule has 2 aliphatic heterocycles. The van der Waals surface area contributed by atoms with Crippen molar-refractivity contribution in [2.75, 3.05) is 26.7 Å². The van der Waals surface area contributed by atoms with E-state index in [9.17, 15) is 24.6 Å². The van der Waals surface area contributed by atoms with E-state index in [2.05, 4.69) is 21.5 Å². The number of piperidine rings is 2. The molecule has 49 heavy (non-hydrogen) atoms. The molecular weight excluding hydrogens is 616 g/mol. The molecule has 0 radical (unpaired) electrons. The van der Waals surface area contributed by atoms with Crippen LogP contribution in [0.25, 0.3) is 0 Å². The first-order valence-electron chi connectivity index (χ1n) is 19.0. The number of hydrogen-bond donors (Lipinski definition) is 4. The van der Waals surface area contributed by atoms with E-state index in [1.54, 1.807) is 4.90 Å². The third-order valence-corrected chi connectivity index (χ3v) is 11.2. The molecule has 0 spiro atoms. The predicted molar refractivity (Wildman–Crippen MR) is 193 cm³/mol. The van der Waals surface area contributed by atoms with Crippen LogP contribution in [0, 0.1) is 36.0 Å². The van der Waals surface area contributed by atoms with Gasteiger partial charge in [0.2, 0.25) is 17.7 Å². The molecule has 4 N–H and O–H groups in total. The molecule has 2 aliphatic carbocycles. The number of aliphatic hydroxyl groups is 2. The van der Waals surface area contributed by atoms with E-state index in [1.165, 1.54) is 32.1 Å². The van der Waals surface area contributed by atoms with Gasteiger partial charge in [-0.25, -0.2) is 0 Å². The van der Waals surface area contributed by atoms with Gasteiger partial charge < -0.3 is 25.7 Å². The van der Waals surface area contributed by atoms with Crippen LogP contribution in [0.4, 0.5) is 0 Å². The van der Waals surface area contributed by atoms with Crippen LogP contribution in [-0.4, -0.2) is 94.7 Å². The lowest BCUT2D eigenvalue weighted by Gasteiger charge is -2.45. The zero-order chi connectivity index (χ0) is 35.3. The number of likely N-dealkylation sites (N-methyl/N-ethyl adjacent to an activating group) is 1. The van der Waals surface area contributed by atoms with Gasteiger partial charge in [0.1, 0.15) is 12.1 Å². The number of rotatable bonds is 18. The first-order chi connectivity index (χ1) is 23.5. The second-order valence-corrected chi connectivity index (χ2v) is 15.6. The topological polar surface area (TPSA) is 122 Å². The SMILES string of the molecule is C#CC[C@H](NC(=O)[C@@H](CC(=O)N(C)CCN1CC2CCC1CC2)Cc1ccccc1)C(=O)N[C@@H](CC1CCCCC1)[C@@H](O)[C@@H](O)CC(C)C. The summed E-state index contributed by atoms with van der Waals surface area (Å²) in [6.07, 6.45) is 15.4. The Bertz CT molecular complexity index is 1220. The molecule has 3 amide bonds. The fraction of sp³-hybridized carbons (Fsp3) is 0.725. The lowest BCUT2D eigenvalue weighted by molar-refractivity contribution is -0.137. The number of carbonyl (C=O) groups excluding carboxylic acids is 3. The molecule has 2 bridgehead atoms. The Hall–Kier alpha value is -2.93. The minimum absolute atomic E-state index is 0.0120. The summed E-state index contributed by atoms with van der Waals surface area (Å²) in [4.78, 5) is 45.5. The van der Waals surface area contributed by atoms with Gasteiger partial charge in [0, 0.05) is 45.6 Å². The van der Waals surface area contributed by atoms with Crippen molar-refractivity contribution in [3.05, 3.63) is 35.9 Å². The number of nitrogens with one attached hydrogen (secondary N) is 2. The van der Waals surface area contributed by atoms with Gasteiger partial charge in [-0.3, -0.25) is 19.3 Å². The number of hydrogen-bond acceptors (Lipinski definition) is 6. The summed E-state index contributed by atoms with van der Waals surface area (Å²) in [6, 6.07) is 8.50. The molecular formula is C40H62N4O5. The lowest BCUT2D eigenvalue weighted by atomic mass is 9.80. The Labute approximate surface area is 295 Å². The largest absolute Gasteiger partial charge is 0.390 e. The smallest absolute Gasteiger partial charge is 0.243 e. The minimum atomic E-state index is -1.14. The molecule has 5 atom stereocenters. The molecule has 2 saturated carbocycles. The summed E-state index contributed by atoms with van der Waals surface area (Å²) >= 11 is 0. The molecule has 5 rings (SSSR count). The van der Waals surface area contributed by atoms with Gasteiger partial charge in [0.15, 0.2) is 0 Å². The zero-order valence-corrected chi connectivity index (χ0v) is 30.2. The molecule has 272 valence electrons. The van der Waals surface area contributed by atoms with Gasteiger partial charge in [0.25, 0.3) is 0 Å². The van der Waals surface area contributed by atoms with Gasteiger partial charge in [-0.1, -0.05) is 76.3 Å². The molecule has 9 heteroatoms. The van der Waals surface area contributed by atoms with Crippen molar-refractivity contribution < 1.29 is 24.6 Å². The van der Waals surface area contributed by atoms with E-state index in [0.717, 1.165) is 50.3 Å². The first kappa shape index (κ1) is 38.9. The molecule has 0 aromatic heterocycles. The van der Waals surface area contributed by atoms with Gasteiger partial charge in [-0.05, 0) is 68.3 Å². The Morgan fingerprint density at radius 2 is 1.67 bits per heavy atom. The molecule has 0 unspecified atom stereocenters. The molecule has 4 aliphatic rings. The lowest BCUT2D eigenvalue weighted by Crippen LogP contribution is -2.56. The number of fused-ring (bicyclic) bond motifs is 3. The Balaban J connectivity index is 1.42. The van der Waals surface area contributed by atoms with Crippen LogP contribution in [0.15, 0.2) is 30.3 Å². The second-order valence-electron chi connectivity index (χ2n) is 15.6. The normalized spacial score (nSPS) is 22.8. The first-order valence-corrected chi connectivity index (χ1v) is 19.0. The number of aliphatic hydroxyl groups excluding tert-OH is 2. The van der Waals surface area contributed by atoms with Crippen molar-refractivity contribution in [2.45, 2.75) is 134 Å². The standard InChI is InChI=1S/C40H62N4O5/c1-5-12-34(40(49)42-35(25-30-15-10-7-11-16-30)38(47)36(45)23-28(2)3)41-39(48)32(24-29-13-8-6-9-14-29)26-37(46)43(4)21-22-44-27-31-17-19-33(44)20-18-31/h1,6,8-9,13-14,28,30-36,38,45,47H,7,10-12,15-27H2,2-4H3,(H,41,48)(H,42,49)/t31?,32-,33?,34+,35+,36+,38-/m1/s1. The highest BCUT2D eigenvalue weighted by Gasteiger charge is 2.35. The highest BCUT2D eigenvalue weighted by molar-refractivity contribution is 5.91. The van der Waals surface area contributed by atoms with Crippen LogP contribution >= 0.6 is 0 Å². The number of nitrogens with zero attached hydrogens (tertiary/aromatic N) is 2. The summed E-state index contributed by atoms with van der Waals surface area (Å²) in [5.41, 5.74) is 0.926. The molecule has 1 aromatic carbocycles. The average molecular weight is 679 g/mol. The fourth-order valence-electron chi connectivity index (χ4n) is 8.23. The highest BCUT2D eigenvalue weighted by Crippen LogP contribution is 2.34. The number of benzene rings is 1. The van der Waals surface area contributed by atoms with E-state index in [0.29, 0.717) is 37.8 Å². The summed E-state index contributed by atoms with van der Waals surface area (Å²) in [6.45, 7) is 6.52. The minimum Gasteiger partial charge on any atom is -0.390 e. The monoisotopic (exact) mass is 678 g/mol. The maximum Gasteiger partial charge on any atom is 0.243 e. The van der Waals surface area contributed by atoms with Gasteiger partial charge >= 0.3 is 0 Å². The van der Waals surface area contributed by atoms with Crippen LogP contribution in [0.5, 0.6) is 0 Å². The molecule has 1 aromatic rings. The van der Waals surface area contributed by atoms with Crippen molar-refractivity contribution in [1.29, 1.82) is 0 Å². The number of terminal acetylenes is 1. The van der Waals surface area contributed by atoms with E-state index < -0.39 is 42.0 Å². The molecule has 9 nitrogen and oxygen atoms in total. The van der Waals surface area contributed by atoms with Crippen molar-refractivity contribution in [1.82, 2.24) is 20.4 Å². The summed E-state index contributed by atoms with van der Waals surface area (Å²) in [7, 11) is 1.81. The second kappa shape index (κ2) is 19.5. The molecule has 4 fully saturated rings. The number of carbonyl (C=O) groups is 3. The van der Waals surface area contributed by atoms with Crippen LogP contribution in [0.1, 0.15) is 103 Å². The van der Waals surface area contributed by atoms with Crippen molar-refractivity contribution >= 4 is 17.7 Å². The summed E-state index contributed by atoms with van der Waals surface area (Å²) in [5, 5.41) is 27.9. The van der Waals surface area contributed by atoms with Crippen LogP contribution < -0.4 is 10.6 Å². The quantitative estimate of drug-likeness (QED) is 0.172. The maximum atomic E-state index is 13.9. The van der Waals surface area contributed by atoms with Crippen molar-refractivity contribution in [3.8, 4) is 12.3 Å². The Morgan fingerprint density at radius 1 is 0.980 bits per heavy atom. The van der Waals surface area contributed by atoms with Crippen LogP contribution in [0.3, 0.4) is 0 Å². The third kappa shape index (κ3) is 12.1. The fourth-order valence-corrected chi connectivity index (χ4v) is 8.23.